The van der Waals surface area contributed by atoms with Crippen molar-refractivity contribution in [2.24, 2.45) is 0 Å². The molecule has 0 radical (unpaired) electrons. The topological polar surface area (TPSA) is 47.8 Å². The van der Waals surface area contributed by atoms with Crippen LogP contribution < -0.4 is 0 Å². The summed E-state index contributed by atoms with van der Waals surface area (Å²) in [4.78, 5) is 14.7. The number of carbonyl (C=O) groups excluding carboxylic acids is 1. The molecule has 3 aromatic rings. The minimum absolute atomic E-state index is 0.155. The molecule has 0 fully saturated rings. The molecule has 0 N–H and O–H groups in total. The van der Waals surface area contributed by atoms with E-state index in [4.69, 9.17) is 0 Å². The highest BCUT2D eigenvalue weighted by Gasteiger charge is 2.16. The first-order chi connectivity index (χ1) is 12.1. The van der Waals surface area contributed by atoms with Crippen molar-refractivity contribution in [1.29, 1.82) is 0 Å². The molecule has 0 aliphatic heterocycles. The number of hydrogen-bond donors (Lipinski definition) is 0. The third-order valence-electron chi connectivity index (χ3n) is 3.99. The first kappa shape index (κ1) is 17.9. The van der Waals surface area contributed by atoms with E-state index in [0.717, 1.165) is 34.4 Å². The van der Waals surface area contributed by atoms with E-state index in [9.17, 15) is 4.79 Å². The molecule has 0 bridgehead atoms. The number of Topliss-reactive ketones (excluding diaryl/α,β-unsaturated/α-hetero) is 1. The minimum Gasteiger partial charge on any atom is -0.306 e. The van der Waals surface area contributed by atoms with Gasteiger partial charge in [0.25, 0.3) is 0 Å². The molecule has 25 heavy (non-hydrogen) atoms. The molecular weight excluding hydrogens is 350 g/mol. The quantitative estimate of drug-likeness (QED) is 0.452. The molecule has 0 unspecified atom stereocenters. The minimum atomic E-state index is 0.155. The fraction of sp³-hybridized carbons (Fsp3) is 0.316. The van der Waals surface area contributed by atoms with Crippen molar-refractivity contribution in [2.75, 3.05) is 5.75 Å². The highest BCUT2D eigenvalue weighted by Crippen LogP contribution is 2.24. The lowest BCUT2D eigenvalue weighted by Crippen LogP contribution is -2.07. The average molecular weight is 372 g/mol. The lowest BCUT2D eigenvalue weighted by atomic mass is 10.1. The van der Waals surface area contributed by atoms with E-state index < -0.39 is 0 Å². The van der Waals surface area contributed by atoms with E-state index in [1.807, 2.05) is 38.1 Å². The van der Waals surface area contributed by atoms with Crippen molar-refractivity contribution in [3.63, 3.8) is 0 Å². The maximum atomic E-state index is 12.5. The second-order valence-corrected chi connectivity index (χ2v) is 8.25. The summed E-state index contributed by atoms with van der Waals surface area (Å²) >= 11 is 3.14. The van der Waals surface area contributed by atoms with Crippen LogP contribution in [0.5, 0.6) is 0 Å². The molecule has 0 spiro atoms. The van der Waals surface area contributed by atoms with Gasteiger partial charge in [-0.25, -0.2) is 0 Å². The highest BCUT2D eigenvalue weighted by molar-refractivity contribution is 7.99. The summed E-state index contributed by atoms with van der Waals surface area (Å²) in [7, 11) is 0. The van der Waals surface area contributed by atoms with E-state index in [2.05, 4.69) is 33.8 Å². The summed E-state index contributed by atoms with van der Waals surface area (Å²) in [6.45, 7) is 6.91. The van der Waals surface area contributed by atoms with Gasteiger partial charge in [-0.1, -0.05) is 42.1 Å². The third kappa shape index (κ3) is 4.19. The van der Waals surface area contributed by atoms with E-state index >= 15 is 0 Å². The number of thioether (sulfide) groups is 1. The number of aryl methyl sites for hydroxylation is 2. The van der Waals surface area contributed by atoms with Gasteiger partial charge in [0.1, 0.15) is 5.82 Å². The van der Waals surface area contributed by atoms with Gasteiger partial charge >= 0.3 is 0 Å². The number of aromatic nitrogens is 3. The Kier molecular flexibility index (Phi) is 5.71. The van der Waals surface area contributed by atoms with Gasteiger partial charge in [0, 0.05) is 28.3 Å². The van der Waals surface area contributed by atoms with Crippen molar-refractivity contribution in [3.05, 3.63) is 63.1 Å². The van der Waals surface area contributed by atoms with Crippen molar-refractivity contribution in [3.8, 4) is 0 Å². The molecule has 2 heterocycles. The van der Waals surface area contributed by atoms with Crippen LogP contribution >= 0.6 is 23.1 Å². The fourth-order valence-corrected chi connectivity index (χ4v) is 4.62. The summed E-state index contributed by atoms with van der Waals surface area (Å²) in [5.74, 6) is 1.48. The first-order valence-electron chi connectivity index (χ1n) is 8.27. The Bertz CT molecular complexity index is 868. The molecule has 2 aromatic heterocycles. The normalized spacial score (nSPS) is 11.0. The highest BCUT2D eigenvalue weighted by atomic mass is 32.2. The monoisotopic (exact) mass is 371 g/mol. The Morgan fingerprint density at radius 2 is 1.96 bits per heavy atom. The number of ketones is 1. The van der Waals surface area contributed by atoms with Crippen LogP contribution in [0, 0.1) is 13.8 Å². The molecule has 0 saturated heterocycles. The molecule has 0 aliphatic carbocycles. The van der Waals surface area contributed by atoms with Crippen LogP contribution in [0.1, 0.15) is 38.4 Å². The molecule has 130 valence electrons. The van der Waals surface area contributed by atoms with Gasteiger partial charge in [-0.15, -0.1) is 21.5 Å². The molecule has 3 rings (SSSR count). The molecular formula is C19H21N3OS2. The van der Waals surface area contributed by atoms with E-state index in [0.29, 0.717) is 5.75 Å². The number of hydrogen-bond acceptors (Lipinski definition) is 5. The zero-order valence-electron chi connectivity index (χ0n) is 14.7. The number of rotatable bonds is 7. The second-order valence-electron chi connectivity index (χ2n) is 5.84. The smallest absolute Gasteiger partial charge is 0.191 e. The third-order valence-corrected chi connectivity index (χ3v) is 5.92. The van der Waals surface area contributed by atoms with Gasteiger partial charge in [0.2, 0.25) is 0 Å². The molecule has 0 saturated carbocycles. The van der Waals surface area contributed by atoms with E-state index in [-0.39, 0.29) is 5.78 Å². The van der Waals surface area contributed by atoms with Crippen molar-refractivity contribution >= 4 is 28.9 Å². The molecule has 6 heteroatoms. The van der Waals surface area contributed by atoms with Crippen LogP contribution in [0.15, 0.2) is 41.6 Å². The number of nitrogens with zero attached hydrogens (tertiary/aromatic N) is 3. The van der Waals surface area contributed by atoms with Crippen LogP contribution in [-0.4, -0.2) is 26.3 Å². The molecule has 4 nitrogen and oxygen atoms in total. The Hall–Kier alpha value is -1.92. The van der Waals surface area contributed by atoms with Crippen LogP contribution in [0.25, 0.3) is 0 Å². The maximum Gasteiger partial charge on any atom is 0.191 e. The lowest BCUT2D eigenvalue weighted by Gasteiger charge is -2.07. The Morgan fingerprint density at radius 1 is 1.20 bits per heavy atom. The standard InChI is InChI=1S/C19H21N3OS2/c1-4-22-18(11-15-8-6-5-7-9-15)20-21-19(22)24-12-17(23)16-10-13(2)25-14(16)3/h5-10H,4,11-12H2,1-3H3. The SMILES string of the molecule is CCn1c(Cc2ccccc2)nnc1SCC(=O)c1cc(C)sc1C. The van der Waals surface area contributed by atoms with Crippen molar-refractivity contribution in [2.45, 2.75) is 38.9 Å². The number of benzene rings is 1. The molecule has 0 atom stereocenters. The maximum absolute atomic E-state index is 12.5. The summed E-state index contributed by atoms with van der Waals surface area (Å²) in [5.41, 5.74) is 2.05. The van der Waals surface area contributed by atoms with E-state index in [1.165, 1.54) is 22.2 Å². The van der Waals surface area contributed by atoms with Crippen LogP contribution in [-0.2, 0) is 13.0 Å². The van der Waals surface area contributed by atoms with Gasteiger partial charge in [-0.2, -0.15) is 0 Å². The zero-order valence-corrected chi connectivity index (χ0v) is 16.3. The fourth-order valence-electron chi connectivity index (χ4n) is 2.77. The van der Waals surface area contributed by atoms with Crippen LogP contribution in [0.4, 0.5) is 0 Å². The first-order valence-corrected chi connectivity index (χ1v) is 10.1. The average Bonchev–Trinajstić information content (AvgIpc) is 3.15. The predicted octanol–water partition coefficient (Wildman–Crippen LogP) is 4.54. The lowest BCUT2D eigenvalue weighted by molar-refractivity contribution is 0.102. The molecule has 1 aromatic carbocycles. The van der Waals surface area contributed by atoms with Crippen molar-refractivity contribution < 1.29 is 4.79 Å². The van der Waals surface area contributed by atoms with Gasteiger partial charge in [-0.05, 0) is 32.4 Å². The van der Waals surface area contributed by atoms with E-state index in [1.54, 1.807) is 11.3 Å². The predicted molar refractivity (Wildman–Crippen MR) is 104 cm³/mol. The molecule has 0 aliphatic rings. The largest absolute Gasteiger partial charge is 0.306 e. The second kappa shape index (κ2) is 7.97. The molecule has 0 amide bonds. The summed E-state index contributed by atoms with van der Waals surface area (Å²) < 4.78 is 2.09. The van der Waals surface area contributed by atoms with Gasteiger partial charge < -0.3 is 4.57 Å². The Balaban J connectivity index is 1.70. The van der Waals surface area contributed by atoms with Crippen LogP contribution in [0.2, 0.25) is 0 Å². The Labute approximate surface area is 156 Å². The summed E-state index contributed by atoms with van der Waals surface area (Å²) in [6.07, 6.45) is 0.749. The summed E-state index contributed by atoms with van der Waals surface area (Å²) in [5, 5.41) is 9.45. The van der Waals surface area contributed by atoms with Gasteiger partial charge in [-0.3, -0.25) is 4.79 Å². The van der Waals surface area contributed by atoms with Crippen molar-refractivity contribution in [1.82, 2.24) is 14.8 Å². The number of thiophene rings is 1. The van der Waals surface area contributed by atoms with Gasteiger partial charge in [0.15, 0.2) is 10.9 Å². The Morgan fingerprint density at radius 3 is 2.60 bits per heavy atom. The number of carbonyl (C=O) groups is 1. The summed E-state index contributed by atoms with van der Waals surface area (Å²) in [6, 6.07) is 12.2. The zero-order chi connectivity index (χ0) is 17.8. The van der Waals surface area contributed by atoms with Gasteiger partial charge in [0.05, 0.1) is 5.75 Å². The van der Waals surface area contributed by atoms with Crippen LogP contribution in [0.3, 0.4) is 0 Å².